The van der Waals surface area contributed by atoms with Crippen LogP contribution in [0.5, 0.6) is 5.75 Å². The first-order valence-electron chi connectivity index (χ1n) is 11.6. The smallest absolute Gasteiger partial charge is 0.272 e. The van der Waals surface area contributed by atoms with Crippen molar-refractivity contribution in [3.63, 3.8) is 0 Å². The number of hydrogen-bond donors (Lipinski definition) is 2. The van der Waals surface area contributed by atoms with Gasteiger partial charge in [-0.2, -0.15) is 0 Å². The van der Waals surface area contributed by atoms with Crippen molar-refractivity contribution in [3.8, 4) is 17.0 Å². The van der Waals surface area contributed by atoms with Crippen LogP contribution in [0.25, 0.3) is 22.4 Å². The third-order valence-electron chi connectivity index (χ3n) is 6.07. The zero-order valence-corrected chi connectivity index (χ0v) is 20.0. The van der Waals surface area contributed by atoms with E-state index < -0.39 is 6.61 Å². The Bertz CT molecular complexity index is 1200. The van der Waals surface area contributed by atoms with Crippen LogP contribution >= 0.6 is 0 Å². The lowest BCUT2D eigenvalue weighted by atomic mass is 10.0. The molecule has 0 unspecified atom stereocenters. The second-order valence-corrected chi connectivity index (χ2v) is 8.89. The van der Waals surface area contributed by atoms with Gasteiger partial charge in [-0.3, -0.25) is 9.59 Å². The van der Waals surface area contributed by atoms with E-state index in [2.05, 4.69) is 5.32 Å². The van der Waals surface area contributed by atoms with Crippen molar-refractivity contribution >= 4 is 23.0 Å². The Kier molecular flexibility index (Phi) is 6.83. The summed E-state index contributed by atoms with van der Waals surface area (Å²) in [4.78, 5) is 36.4. The molecule has 2 amide bonds. The van der Waals surface area contributed by atoms with Gasteiger partial charge in [-0.15, -0.1) is 0 Å². The SMILES string of the molecule is Cc1nc2c(nc1-c1ccccc1)c(OC(C)C)c(C(=O)NC1CCN(C(=O)CO)CC1)n2C. The van der Waals surface area contributed by atoms with Crippen LogP contribution in [0.3, 0.4) is 0 Å². The molecule has 0 atom stereocenters. The van der Waals surface area contributed by atoms with E-state index in [1.165, 1.54) is 0 Å². The fourth-order valence-electron chi connectivity index (χ4n) is 4.36. The number of nitrogens with zero attached hydrogens (tertiary/aromatic N) is 4. The number of ether oxygens (including phenoxy) is 1. The first-order chi connectivity index (χ1) is 16.3. The van der Waals surface area contributed by atoms with E-state index in [4.69, 9.17) is 19.8 Å². The van der Waals surface area contributed by atoms with Crippen LogP contribution < -0.4 is 10.1 Å². The topological polar surface area (TPSA) is 110 Å². The van der Waals surface area contributed by atoms with Gasteiger partial charge in [0.15, 0.2) is 22.6 Å². The number of aliphatic hydroxyl groups excluding tert-OH is 1. The van der Waals surface area contributed by atoms with Gasteiger partial charge in [0.05, 0.1) is 17.5 Å². The molecule has 2 N–H and O–H groups in total. The molecule has 9 heteroatoms. The molecule has 0 aliphatic carbocycles. The molecule has 9 nitrogen and oxygen atoms in total. The van der Waals surface area contributed by atoms with Crippen LogP contribution in [0.1, 0.15) is 42.9 Å². The van der Waals surface area contributed by atoms with E-state index >= 15 is 0 Å². The normalized spacial score (nSPS) is 14.6. The summed E-state index contributed by atoms with van der Waals surface area (Å²) >= 11 is 0. The minimum atomic E-state index is -0.493. The van der Waals surface area contributed by atoms with Gasteiger partial charge < -0.3 is 24.6 Å². The number of carbonyl (C=O) groups is 2. The maximum atomic E-state index is 13.4. The molecule has 3 aromatic rings. The number of benzene rings is 1. The van der Waals surface area contributed by atoms with Gasteiger partial charge in [0, 0.05) is 31.7 Å². The lowest BCUT2D eigenvalue weighted by Gasteiger charge is -2.32. The summed E-state index contributed by atoms with van der Waals surface area (Å²) in [6.07, 6.45) is 1.08. The van der Waals surface area contributed by atoms with Crippen LogP contribution in [0.15, 0.2) is 30.3 Å². The van der Waals surface area contributed by atoms with Gasteiger partial charge in [-0.1, -0.05) is 30.3 Å². The van der Waals surface area contributed by atoms with E-state index in [1.54, 1.807) is 16.5 Å². The van der Waals surface area contributed by atoms with Gasteiger partial charge in [0.1, 0.15) is 6.61 Å². The van der Waals surface area contributed by atoms with Crippen LogP contribution in [0, 0.1) is 6.92 Å². The Morgan fingerprint density at radius 2 is 1.85 bits per heavy atom. The standard InChI is InChI=1S/C25H31N5O4/c1-15(2)34-23-21-24(26-16(3)20(28-21)17-8-6-5-7-9-17)29(4)22(23)25(33)27-18-10-12-30(13-11-18)19(32)14-31/h5-9,15,18,31H,10-14H2,1-4H3,(H,27,33). The number of carbonyl (C=O) groups excluding carboxylic acids is 2. The number of piperidine rings is 1. The molecular formula is C25H31N5O4. The van der Waals surface area contributed by atoms with E-state index in [0.717, 1.165) is 17.0 Å². The largest absolute Gasteiger partial charge is 0.486 e. The Balaban J connectivity index is 1.68. The van der Waals surface area contributed by atoms with Crippen molar-refractivity contribution < 1.29 is 19.4 Å². The number of rotatable bonds is 6. The Morgan fingerprint density at radius 3 is 2.47 bits per heavy atom. The summed E-state index contributed by atoms with van der Waals surface area (Å²) in [5.41, 5.74) is 3.98. The Labute approximate surface area is 198 Å². The molecule has 1 saturated heterocycles. The monoisotopic (exact) mass is 465 g/mol. The summed E-state index contributed by atoms with van der Waals surface area (Å²) in [6, 6.07) is 9.74. The molecule has 1 fully saturated rings. The van der Waals surface area contributed by atoms with Crippen molar-refractivity contribution in [2.24, 2.45) is 7.05 Å². The molecule has 3 heterocycles. The Morgan fingerprint density at radius 1 is 1.18 bits per heavy atom. The quantitative estimate of drug-likeness (QED) is 0.579. The maximum Gasteiger partial charge on any atom is 0.272 e. The number of likely N-dealkylation sites (tertiary alicyclic amines) is 1. The summed E-state index contributed by atoms with van der Waals surface area (Å²) in [5, 5.41) is 12.2. The maximum absolute atomic E-state index is 13.4. The third-order valence-corrected chi connectivity index (χ3v) is 6.07. The average Bonchev–Trinajstić information content (AvgIpc) is 3.09. The molecular weight excluding hydrogens is 434 g/mol. The van der Waals surface area contributed by atoms with Crippen molar-refractivity contribution in [1.29, 1.82) is 0 Å². The molecule has 34 heavy (non-hydrogen) atoms. The van der Waals surface area contributed by atoms with E-state index in [9.17, 15) is 9.59 Å². The number of aromatic nitrogens is 3. The van der Waals surface area contributed by atoms with Gasteiger partial charge in [0.25, 0.3) is 5.91 Å². The predicted octanol–water partition coefficient (Wildman–Crippen LogP) is 2.44. The molecule has 1 aliphatic heterocycles. The second kappa shape index (κ2) is 9.80. The van der Waals surface area contributed by atoms with Crippen molar-refractivity contribution in [2.75, 3.05) is 19.7 Å². The predicted molar refractivity (Wildman–Crippen MR) is 129 cm³/mol. The lowest BCUT2D eigenvalue weighted by molar-refractivity contribution is -0.135. The molecule has 0 spiro atoms. The van der Waals surface area contributed by atoms with Crippen LogP contribution in [-0.4, -0.2) is 68.2 Å². The van der Waals surface area contributed by atoms with E-state index in [1.807, 2.05) is 51.1 Å². The summed E-state index contributed by atoms with van der Waals surface area (Å²) < 4.78 is 7.86. The lowest BCUT2D eigenvalue weighted by Crippen LogP contribution is -2.47. The number of fused-ring (bicyclic) bond motifs is 1. The highest BCUT2D eigenvalue weighted by atomic mass is 16.5. The highest BCUT2D eigenvalue weighted by molar-refractivity contribution is 6.02. The zero-order valence-electron chi connectivity index (χ0n) is 20.0. The fourth-order valence-corrected chi connectivity index (χ4v) is 4.36. The van der Waals surface area contributed by atoms with Gasteiger partial charge in [-0.05, 0) is 33.6 Å². The van der Waals surface area contributed by atoms with Crippen LogP contribution in [0.2, 0.25) is 0 Å². The van der Waals surface area contributed by atoms with Crippen molar-refractivity contribution in [2.45, 2.75) is 45.8 Å². The highest BCUT2D eigenvalue weighted by Gasteiger charge is 2.29. The first-order valence-corrected chi connectivity index (χ1v) is 11.6. The molecule has 180 valence electrons. The average molecular weight is 466 g/mol. The number of hydrogen-bond acceptors (Lipinski definition) is 6. The van der Waals surface area contributed by atoms with Gasteiger partial charge in [0.2, 0.25) is 5.91 Å². The minimum Gasteiger partial charge on any atom is -0.486 e. The molecule has 0 saturated carbocycles. The number of aryl methyl sites for hydroxylation is 2. The fraction of sp³-hybridized carbons (Fsp3) is 0.440. The minimum absolute atomic E-state index is 0.0808. The van der Waals surface area contributed by atoms with Gasteiger partial charge >= 0.3 is 0 Å². The third kappa shape index (κ3) is 4.61. The van der Waals surface area contributed by atoms with E-state index in [0.29, 0.717) is 48.5 Å². The molecule has 4 rings (SSSR count). The van der Waals surface area contributed by atoms with Crippen LogP contribution in [-0.2, 0) is 11.8 Å². The number of nitrogens with one attached hydrogen (secondary N) is 1. The van der Waals surface area contributed by atoms with Gasteiger partial charge in [-0.25, -0.2) is 9.97 Å². The second-order valence-electron chi connectivity index (χ2n) is 8.89. The van der Waals surface area contributed by atoms with Crippen molar-refractivity contribution in [1.82, 2.24) is 24.8 Å². The first kappa shape index (κ1) is 23.7. The van der Waals surface area contributed by atoms with E-state index in [-0.39, 0.29) is 24.0 Å². The Hall–Kier alpha value is -3.46. The number of aliphatic hydroxyl groups is 1. The number of amides is 2. The zero-order chi connectivity index (χ0) is 24.4. The molecule has 0 radical (unpaired) electrons. The molecule has 0 bridgehead atoms. The highest BCUT2D eigenvalue weighted by Crippen LogP contribution is 2.34. The summed E-state index contributed by atoms with van der Waals surface area (Å²) in [7, 11) is 1.79. The van der Waals surface area contributed by atoms with Crippen molar-refractivity contribution in [3.05, 3.63) is 41.7 Å². The molecule has 1 aromatic carbocycles. The molecule has 2 aromatic heterocycles. The summed E-state index contributed by atoms with van der Waals surface area (Å²) in [6.45, 7) is 6.23. The summed E-state index contributed by atoms with van der Waals surface area (Å²) in [5.74, 6) is -0.126. The molecule has 1 aliphatic rings. The van der Waals surface area contributed by atoms with Crippen LogP contribution in [0.4, 0.5) is 0 Å².